The summed E-state index contributed by atoms with van der Waals surface area (Å²) in [5, 5.41) is 8.87. The van der Waals surface area contributed by atoms with Gasteiger partial charge in [-0.1, -0.05) is 34.8 Å². The maximum atomic E-state index is 13.4. The number of aromatic nitrogens is 1. The summed E-state index contributed by atoms with van der Waals surface area (Å²) in [6.45, 7) is 0. The fourth-order valence-corrected chi connectivity index (χ4v) is 2.60. The number of nitriles is 1. The number of pyridine rings is 1. The van der Waals surface area contributed by atoms with Crippen molar-refractivity contribution >= 4 is 34.8 Å². The van der Waals surface area contributed by atoms with Gasteiger partial charge in [0.05, 0.1) is 38.8 Å². The highest BCUT2D eigenvalue weighted by Crippen LogP contribution is 2.42. The van der Waals surface area contributed by atoms with Crippen molar-refractivity contribution < 1.29 is 13.2 Å². The molecule has 0 fully saturated rings. The predicted octanol–water partition coefficient (Wildman–Crippen LogP) is 5.79. The van der Waals surface area contributed by atoms with Gasteiger partial charge >= 0.3 is 6.18 Å². The third-order valence-corrected chi connectivity index (χ3v) is 3.89. The van der Waals surface area contributed by atoms with E-state index in [1.807, 2.05) is 0 Å². The van der Waals surface area contributed by atoms with Crippen LogP contribution in [0.2, 0.25) is 15.1 Å². The van der Waals surface area contributed by atoms with E-state index in [2.05, 4.69) is 4.98 Å². The van der Waals surface area contributed by atoms with Crippen LogP contribution < -0.4 is 0 Å². The van der Waals surface area contributed by atoms with Gasteiger partial charge in [-0.15, -0.1) is 0 Å². The van der Waals surface area contributed by atoms with Crippen molar-refractivity contribution in [3.8, 4) is 17.3 Å². The van der Waals surface area contributed by atoms with Crippen molar-refractivity contribution in [2.24, 2.45) is 0 Å². The van der Waals surface area contributed by atoms with Crippen LogP contribution in [0.4, 0.5) is 13.2 Å². The molecule has 0 aliphatic rings. The first kappa shape index (κ1) is 16.9. The Kier molecular flexibility index (Phi) is 4.86. The van der Waals surface area contributed by atoms with E-state index in [4.69, 9.17) is 40.1 Å². The van der Waals surface area contributed by atoms with Gasteiger partial charge in [0.1, 0.15) is 0 Å². The lowest BCUT2D eigenvalue weighted by Crippen LogP contribution is -2.12. The molecule has 0 saturated carbocycles. The molecule has 0 saturated heterocycles. The number of hydrogen-bond acceptors (Lipinski definition) is 2. The summed E-state index contributed by atoms with van der Waals surface area (Å²) in [5.41, 5.74) is -1.56. The van der Waals surface area contributed by atoms with Crippen LogP contribution in [-0.2, 0) is 12.6 Å². The molecule has 2 nitrogen and oxygen atoms in total. The second kappa shape index (κ2) is 6.33. The normalized spacial score (nSPS) is 11.3. The van der Waals surface area contributed by atoms with E-state index in [0.29, 0.717) is 0 Å². The van der Waals surface area contributed by atoms with Crippen LogP contribution in [0.15, 0.2) is 24.4 Å². The Labute approximate surface area is 139 Å². The summed E-state index contributed by atoms with van der Waals surface area (Å²) in [5.74, 6) is 0. The Hall–Kier alpha value is -1.48. The summed E-state index contributed by atoms with van der Waals surface area (Å²) in [6.07, 6.45) is -3.90. The number of hydrogen-bond donors (Lipinski definition) is 0. The molecule has 0 N–H and O–H groups in total. The molecule has 114 valence electrons. The molecule has 0 spiro atoms. The zero-order valence-corrected chi connectivity index (χ0v) is 12.9. The van der Waals surface area contributed by atoms with Gasteiger partial charge in [0.15, 0.2) is 0 Å². The molecule has 8 heteroatoms. The molecule has 22 heavy (non-hydrogen) atoms. The average molecular weight is 366 g/mol. The molecule has 1 aromatic heterocycles. The number of rotatable bonds is 2. The fraction of sp³-hybridized carbons (Fsp3) is 0.143. The van der Waals surface area contributed by atoms with Crippen LogP contribution in [0.5, 0.6) is 0 Å². The lowest BCUT2D eigenvalue weighted by molar-refractivity contribution is -0.137. The molecule has 0 aliphatic carbocycles. The highest BCUT2D eigenvalue weighted by atomic mass is 35.5. The molecule has 0 aliphatic heterocycles. The molecule has 2 aromatic rings. The lowest BCUT2D eigenvalue weighted by Gasteiger charge is -2.16. The van der Waals surface area contributed by atoms with Crippen LogP contribution in [0, 0.1) is 11.3 Å². The summed E-state index contributed by atoms with van der Waals surface area (Å²) < 4.78 is 40.1. The first-order chi connectivity index (χ1) is 10.3. The van der Waals surface area contributed by atoms with Crippen LogP contribution >= 0.6 is 34.8 Å². The minimum Gasteiger partial charge on any atom is -0.256 e. The summed E-state index contributed by atoms with van der Waals surface area (Å²) in [7, 11) is 0. The molecule has 0 atom stereocenters. The monoisotopic (exact) mass is 364 g/mol. The van der Waals surface area contributed by atoms with E-state index in [1.54, 1.807) is 6.07 Å². The van der Waals surface area contributed by atoms with Crippen molar-refractivity contribution in [1.82, 2.24) is 4.98 Å². The quantitative estimate of drug-likeness (QED) is 0.631. The number of halogens is 6. The van der Waals surface area contributed by atoms with Gasteiger partial charge in [0, 0.05) is 11.8 Å². The van der Waals surface area contributed by atoms with Crippen molar-refractivity contribution in [1.29, 1.82) is 5.26 Å². The molecular formula is C14H6Cl3F3N2. The standard InChI is InChI=1S/C14H6Cl3F3N2/c15-9-6-11(17)10(16)5-8(9)13-12(14(18,19)20)7(1-3-21)2-4-22-13/h2,4-6H,1H2. The first-order valence-corrected chi connectivity index (χ1v) is 6.96. The van der Waals surface area contributed by atoms with Crippen LogP contribution in [0.1, 0.15) is 11.1 Å². The summed E-state index contributed by atoms with van der Waals surface area (Å²) in [6, 6.07) is 5.33. The van der Waals surface area contributed by atoms with Crippen LogP contribution in [0.3, 0.4) is 0 Å². The Morgan fingerprint density at radius 3 is 2.32 bits per heavy atom. The molecule has 1 aromatic carbocycles. The molecule has 0 radical (unpaired) electrons. The topological polar surface area (TPSA) is 36.7 Å². The van der Waals surface area contributed by atoms with Crippen molar-refractivity contribution in [2.45, 2.75) is 12.6 Å². The Morgan fingerprint density at radius 2 is 1.73 bits per heavy atom. The number of alkyl halides is 3. The Bertz CT molecular complexity index is 767. The van der Waals surface area contributed by atoms with E-state index in [0.717, 1.165) is 6.07 Å². The molecular weight excluding hydrogens is 360 g/mol. The molecule has 1 heterocycles. The maximum absolute atomic E-state index is 13.4. The second-order valence-electron chi connectivity index (χ2n) is 4.27. The van der Waals surface area contributed by atoms with Crippen molar-refractivity contribution in [3.63, 3.8) is 0 Å². The molecule has 2 rings (SSSR count). The Morgan fingerprint density at radius 1 is 1.09 bits per heavy atom. The van der Waals surface area contributed by atoms with Gasteiger partial charge in [0.2, 0.25) is 0 Å². The summed E-state index contributed by atoms with van der Waals surface area (Å²) in [4.78, 5) is 3.77. The minimum absolute atomic E-state index is 0.00295. The van der Waals surface area contributed by atoms with E-state index in [9.17, 15) is 13.2 Å². The molecule has 0 amide bonds. The third kappa shape index (κ3) is 3.30. The van der Waals surface area contributed by atoms with E-state index >= 15 is 0 Å². The number of benzene rings is 1. The zero-order valence-electron chi connectivity index (χ0n) is 10.7. The minimum atomic E-state index is -4.69. The van der Waals surface area contributed by atoms with Gasteiger partial charge in [-0.2, -0.15) is 18.4 Å². The first-order valence-electron chi connectivity index (χ1n) is 5.82. The van der Waals surface area contributed by atoms with E-state index < -0.39 is 18.2 Å². The number of nitrogens with zero attached hydrogens (tertiary/aromatic N) is 2. The van der Waals surface area contributed by atoms with Crippen molar-refractivity contribution in [2.75, 3.05) is 0 Å². The maximum Gasteiger partial charge on any atom is 0.418 e. The Balaban J connectivity index is 2.79. The average Bonchev–Trinajstić information content (AvgIpc) is 2.42. The smallest absolute Gasteiger partial charge is 0.256 e. The van der Waals surface area contributed by atoms with Gasteiger partial charge < -0.3 is 0 Å². The van der Waals surface area contributed by atoms with Gasteiger partial charge in [-0.05, 0) is 23.8 Å². The zero-order chi connectivity index (χ0) is 16.5. The third-order valence-electron chi connectivity index (χ3n) is 2.86. The van der Waals surface area contributed by atoms with Gasteiger partial charge in [-0.3, -0.25) is 4.98 Å². The van der Waals surface area contributed by atoms with Gasteiger partial charge in [0.25, 0.3) is 0 Å². The van der Waals surface area contributed by atoms with E-state index in [-0.39, 0.29) is 31.9 Å². The molecule has 0 bridgehead atoms. The van der Waals surface area contributed by atoms with Crippen LogP contribution in [-0.4, -0.2) is 4.98 Å². The van der Waals surface area contributed by atoms with Crippen molar-refractivity contribution in [3.05, 3.63) is 50.6 Å². The predicted molar refractivity (Wildman–Crippen MR) is 79.0 cm³/mol. The highest BCUT2D eigenvalue weighted by molar-refractivity contribution is 6.44. The van der Waals surface area contributed by atoms with Crippen LogP contribution in [0.25, 0.3) is 11.3 Å². The fourth-order valence-electron chi connectivity index (χ4n) is 1.96. The highest BCUT2D eigenvalue weighted by Gasteiger charge is 2.37. The lowest BCUT2D eigenvalue weighted by atomic mass is 9.99. The summed E-state index contributed by atoms with van der Waals surface area (Å²) >= 11 is 17.6. The van der Waals surface area contributed by atoms with E-state index in [1.165, 1.54) is 18.3 Å². The molecule has 0 unspecified atom stereocenters. The van der Waals surface area contributed by atoms with Gasteiger partial charge in [-0.25, -0.2) is 0 Å². The SMILES string of the molecule is N#CCc1ccnc(-c2cc(Cl)c(Cl)cc2Cl)c1C(F)(F)F. The largest absolute Gasteiger partial charge is 0.418 e. The second-order valence-corrected chi connectivity index (χ2v) is 5.49.